The van der Waals surface area contributed by atoms with Crippen molar-refractivity contribution in [2.75, 3.05) is 13.2 Å². The van der Waals surface area contributed by atoms with Crippen LogP contribution >= 0.6 is 0 Å². The van der Waals surface area contributed by atoms with Crippen molar-refractivity contribution in [3.63, 3.8) is 0 Å². The van der Waals surface area contributed by atoms with Crippen LogP contribution in [-0.2, 0) is 21.7 Å². The molecular formula is C23H28N4O4. The first kappa shape index (κ1) is 22.3. The Balaban J connectivity index is 1.62. The van der Waals surface area contributed by atoms with E-state index in [1.165, 1.54) is 0 Å². The van der Waals surface area contributed by atoms with Crippen molar-refractivity contribution >= 4 is 17.8 Å². The van der Waals surface area contributed by atoms with Gasteiger partial charge in [0, 0.05) is 18.3 Å². The number of nitrogens with zero attached hydrogens (tertiary/aromatic N) is 2. The number of rotatable bonds is 9. The summed E-state index contributed by atoms with van der Waals surface area (Å²) in [6, 6.07) is 10.4. The van der Waals surface area contributed by atoms with Crippen molar-refractivity contribution in [3.8, 4) is 5.88 Å². The van der Waals surface area contributed by atoms with E-state index in [-0.39, 0.29) is 13.1 Å². The van der Waals surface area contributed by atoms with E-state index in [9.17, 15) is 14.4 Å². The van der Waals surface area contributed by atoms with Crippen LogP contribution in [0.25, 0.3) is 0 Å². The number of hydrogen-bond acceptors (Lipinski definition) is 5. The Bertz CT molecular complexity index is 960. The molecule has 1 atom stereocenters. The van der Waals surface area contributed by atoms with Crippen molar-refractivity contribution in [2.24, 2.45) is 0 Å². The van der Waals surface area contributed by atoms with Gasteiger partial charge in [0.05, 0.1) is 6.61 Å². The number of hydrogen-bond donors (Lipinski definition) is 2. The molecular weight excluding hydrogens is 396 g/mol. The molecule has 1 aliphatic rings. The van der Waals surface area contributed by atoms with Gasteiger partial charge in [0.1, 0.15) is 12.1 Å². The number of aromatic nitrogens is 1. The van der Waals surface area contributed by atoms with Crippen LogP contribution in [0, 0.1) is 6.92 Å². The molecule has 8 nitrogen and oxygen atoms in total. The van der Waals surface area contributed by atoms with E-state index >= 15 is 0 Å². The van der Waals surface area contributed by atoms with E-state index in [2.05, 4.69) is 22.5 Å². The first-order chi connectivity index (χ1) is 14.8. The van der Waals surface area contributed by atoms with Crippen LogP contribution in [0.2, 0.25) is 0 Å². The Morgan fingerprint density at radius 2 is 1.97 bits per heavy atom. The highest BCUT2D eigenvalue weighted by molar-refractivity contribution is 6.09. The molecule has 8 heteroatoms. The monoisotopic (exact) mass is 424 g/mol. The lowest BCUT2D eigenvalue weighted by Crippen LogP contribution is -2.43. The van der Waals surface area contributed by atoms with Gasteiger partial charge in [-0.2, -0.15) is 0 Å². The summed E-state index contributed by atoms with van der Waals surface area (Å²) in [5, 5.41) is 5.45. The number of pyridine rings is 1. The summed E-state index contributed by atoms with van der Waals surface area (Å²) >= 11 is 0. The van der Waals surface area contributed by atoms with Gasteiger partial charge in [-0.3, -0.25) is 14.5 Å². The minimum Gasteiger partial charge on any atom is -0.477 e. The van der Waals surface area contributed by atoms with Crippen LogP contribution in [-0.4, -0.2) is 40.9 Å². The van der Waals surface area contributed by atoms with Crippen molar-refractivity contribution in [1.29, 1.82) is 0 Å². The lowest BCUT2D eigenvalue weighted by Gasteiger charge is -2.22. The predicted octanol–water partition coefficient (Wildman–Crippen LogP) is 2.65. The van der Waals surface area contributed by atoms with Crippen molar-refractivity contribution in [3.05, 3.63) is 59.3 Å². The molecule has 164 valence electrons. The molecule has 1 aromatic carbocycles. The van der Waals surface area contributed by atoms with Crippen LogP contribution in [0.5, 0.6) is 5.88 Å². The summed E-state index contributed by atoms with van der Waals surface area (Å²) in [4.78, 5) is 43.0. The van der Waals surface area contributed by atoms with E-state index in [4.69, 9.17) is 4.74 Å². The molecule has 3 rings (SSSR count). The van der Waals surface area contributed by atoms with Gasteiger partial charge in [0.2, 0.25) is 11.8 Å². The van der Waals surface area contributed by atoms with Crippen LogP contribution < -0.4 is 15.4 Å². The summed E-state index contributed by atoms with van der Waals surface area (Å²) in [7, 11) is 0. The average molecular weight is 425 g/mol. The van der Waals surface area contributed by atoms with E-state index in [1.54, 1.807) is 31.3 Å². The summed E-state index contributed by atoms with van der Waals surface area (Å²) in [6.07, 6.45) is 3.55. The first-order valence-corrected chi connectivity index (χ1v) is 10.4. The Morgan fingerprint density at radius 1 is 1.23 bits per heavy atom. The van der Waals surface area contributed by atoms with Crippen LogP contribution in [0.15, 0.2) is 42.6 Å². The molecule has 0 saturated carbocycles. The summed E-state index contributed by atoms with van der Waals surface area (Å²) in [6.45, 7) is 6.04. The highest BCUT2D eigenvalue weighted by Gasteiger charge is 2.49. The summed E-state index contributed by atoms with van der Waals surface area (Å²) in [5.41, 5.74) is 1.25. The number of ether oxygens (including phenoxy) is 1. The Labute approximate surface area is 182 Å². The second-order valence-electron chi connectivity index (χ2n) is 7.76. The van der Waals surface area contributed by atoms with Gasteiger partial charge in [-0.25, -0.2) is 9.78 Å². The lowest BCUT2D eigenvalue weighted by molar-refractivity contribution is -0.134. The molecule has 1 aliphatic heterocycles. The maximum absolute atomic E-state index is 13.0. The fourth-order valence-electron chi connectivity index (χ4n) is 3.32. The molecule has 0 spiro atoms. The van der Waals surface area contributed by atoms with Gasteiger partial charge >= 0.3 is 6.03 Å². The zero-order valence-corrected chi connectivity index (χ0v) is 18.1. The minimum absolute atomic E-state index is 0.188. The maximum atomic E-state index is 13.0. The second-order valence-corrected chi connectivity index (χ2v) is 7.76. The molecule has 31 heavy (non-hydrogen) atoms. The number of carbonyl (C=O) groups is 3. The third kappa shape index (κ3) is 5.02. The average Bonchev–Trinajstić information content (AvgIpc) is 2.97. The zero-order valence-electron chi connectivity index (χ0n) is 18.1. The van der Waals surface area contributed by atoms with Gasteiger partial charge in [-0.1, -0.05) is 49.2 Å². The standard InChI is InChI=1S/C23H28N4O4/c1-4-5-13-31-20-17(7-6-12-24-20)14-25-19(28)15-27-21(29)23(3,26-22(27)30)18-10-8-16(2)9-11-18/h6-12H,4-5,13-15H2,1-3H3,(H,25,28)(H,26,30). The molecule has 0 aliphatic carbocycles. The van der Waals surface area contributed by atoms with E-state index in [0.717, 1.165) is 28.9 Å². The fourth-order valence-corrected chi connectivity index (χ4v) is 3.32. The SMILES string of the molecule is CCCCOc1ncccc1CNC(=O)CN1C(=O)NC(C)(c2ccc(C)cc2)C1=O. The molecule has 2 aromatic rings. The molecule has 1 fully saturated rings. The molecule has 2 N–H and O–H groups in total. The quantitative estimate of drug-likeness (QED) is 0.476. The largest absolute Gasteiger partial charge is 0.477 e. The zero-order chi connectivity index (χ0) is 22.4. The smallest absolute Gasteiger partial charge is 0.325 e. The highest BCUT2D eigenvalue weighted by Crippen LogP contribution is 2.28. The van der Waals surface area contributed by atoms with Gasteiger partial charge in [0.25, 0.3) is 5.91 Å². The predicted molar refractivity (Wildman–Crippen MR) is 115 cm³/mol. The van der Waals surface area contributed by atoms with Crippen molar-refractivity contribution in [1.82, 2.24) is 20.5 Å². The Kier molecular flexibility index (Phi) is 6.89. The first-order valence-electron chi connectivity index (χ1n) is 10.4. The number of benzene rings is 1. The number of carbonyl (C=O) groups excluding carboxylic acids is 3. The number of imide groups is 1. The van der Waals surface area contributed by atoms with Crippen molar-refractivity contribution in [2.45, 2.75) is 45.7 Å². The number of unbranched alkanes of at least 4 members (excludes halogenated alkanes) is 1. The molecule has 4 amide bonds. The third-order valence-corrected chi connectivity index (χ3v) is 5.27. The topological polar surface area (TPSA) is 101 Å². The second kappa shape index (κ2) is 9.59. The third-order valence-electron chi connectivity index (χ3n) is 5.27. The molecule has 0 radical (unpaired) electrons. The summed E-state index contributed by atoms with van der Waals surface area (Å²) < 4.78 is 5.67. The molecule has 1 aromatic heterocycles. The number of amides is 4. The molecule has 2 heterocycles. The van der Waals surface area contributed by atoms with Crippen LogP contribution in [0.4, 0.5) is 4.79 Å². The summed E-state index contributed by atoms with van der Waals surface area (Å²) in [5.74, 6) is -0.431. The van der Waals surface area contributed by atoms with Gasteiger partial charge < -0.3 is 15.4 Å². The Morgan fingerprint density at radius 3 is 2.68 bits per heavy atom. The van der Waals surface area contributed by atoms with E-state index in [1.807, 2.05) is 25.1 Å². The van der Waals surface area contributed by atoms with E-state index < -0.39 is 23.4 Å². The van der Waals surface area contributed by atoms with Crippen molar-refractivity contribution < 1.29 is 19.1 Å². The minimum atomic E-state index is -1.20. The highest BCUT2D eigenvalue weighted by atomic mass is 16.5. The number of urea groups is 1. The number of nitrogens with one attached hydrogen (secondary N) is 2. The van der Waals surface area contributed by atoms with Crippen LogP contribution in [0.3, 0.4) is 0 Å². The molecule has 1 saturated heterocycles. The Hall–Kier alpha value is -3.42. The van der Waals surface area contributed by atoms with Gasteiger partial charge in [-0.05, 0) is 31.9 Å². The van der Waals surface area contributed by atoms with E-state index in [0.29, 0.717) is 18.1 Å². The van der Waals surface area contributed by atoms with Gasteiger partial charge in [0.15, 0.2) is 0 Å². The number of aryl methyl sites for hydroxylation is 1. The molecule has 0 bridgehead atoms. The fraction of sp³-hybridized carbons (Fsp3) is 0.391. The normalized spacial score (nSPS) is 18.1. The van der Waals surface area contributed by atoms with Gasteiger partial charge in [-0.15, -0.1) is 0 Å². The molecule has 1 unspecified atom stereocenters. The maximum Gasteiger partial charge on any atom is 0.325 e. The van der Waals surface area contributed by atoms with Crippen LogP contribution in [0.1, 0.15) is 43.4 Å². The lowest BCUT2D eigenvalue weighted by atomic mass is 9.91.